The normalized spacial score (nSPS) is 10.8. The minimum Gasteiger partial charge on any atom is -0.322 e. The van der Waals surface area contributed by atoms with Crippen LogP contribution in [0.3, 0.4) is 0 Å². The number of amides is 2. The smallest absolute Gasteiger partial charge is 0.258 e. The summed E-state index contributed by atoms with van der Waals surface area (Å²) in [7, 11) is 0. The number of nitrogens with one attached hydrogen (secondary N) is 2. The Kier molecular flexibility index (Phi) is 6.78. The van der Waals surface area contributed by atoms with Crippen LogP contribution >= 0.6 is 0 Å². The van der Waals surface area contributed by atoms with E-state index in [-0.39, 0.29) is 28.2 Å². The number of carbonyl (C=O) groups is 2. The molecule has 4 aromatic carbocycles. The summed E-state index contributed by atoms with van der Waals surface area (Å²) in [5, 5.41) is 13.5. The molecule has 8 heteroatoms. The first-order valence-electron chi connectivity index (χ1n) is 10.2. The van der Waals surface area contributed by atoms with Gasteiger partial charge in [0.1, 0.15) is 17.3 Å². The molecule has 0 aliphatic rings. The van der Waals surface area contributed by atoms with Gasteiger partial charge in [-0.2, -0.15) is 5.11 Å². The molecule has 0 heterocycles. The summed E-state index contributed by atoms with van der Waals surface area (Å²) < 4.78 is 28.1. The van der Waals surface area contributed by atoms with Crippen LogP contribution in [0.5, 0.6) is 0 Å². The molecule has 0 bridgehead atoms. The molecule has 168 valence electrons. The molecule has 0 aromatic heterocycles. The van der Waals surface area contributed by atoms with E-state index < -0.39 is 23.4 Å². The third-order valence-electron chi connectivity index (χ3n) is 4.77. The van der Waals surface area contributed by atoms with Gasteiger partial charge in [0.2, 0.25) is 0 Å². The molecule has 2 amide bonds. The number of benzene rings is 4. The lowest BCUT2D eigenvalue weighted by molar-refractivity contribution is 0.101. The second kappa shape index (κ2) is 10.3. The fourth-order valence-corrected chi connectivity index (χ4v) is 3.09. The Balaban J connectivity index is 1.65. The molecule has 4 aromatic rings. The predicted molar refractivity (Wildman–Crippen MR) is 126 cm³/mol. The maximum atomic E-state index is 14.1. The van der Waals surface area contributed by atoms with Crippen molar-refractivity contribution in [3.05, 3.63) is 120 Å². The highest BCUT2D eigenvalue weighted by atomic mass is 19.1. The Morgan fingerprint density at radius 3 is 1.79 bits per heavy atom. The van der Waals surface area contributed by atoms with E-state index in [0.717, 1.165) is 0 Å². The number of carbonyl (C=O) groups excluding carboxylic acids is 2. The molecule has 0 spiro atoms. The Morgan fingerprint density at radius 2 is 1.18 bits per heavy atom. The molecule has 0 radical (unpaired) electrons. The summed E-state index contributed by atoms with van der Waals surface area (Å²) in [6, 6.07) is 24.6. The van der Waals surface area contributed by atoms with E-state index in [9.17, 15) is 18.4 Å². The summed E-state index contributed by atoms with van der Waals surface area (Å²) in [4.78, 5) is 25.2. The van der Waals surface area contributed by atoms with Gasteiger partial charge in [0.05, 0.1) is 22.5 Å². The van der Waals surface area contributed by atoms with Crippen molar-refractivity contribution in [2.75, 3.05) is 10.6 Å². The average molecular weight is 456 g/mol. The van der Waals surface area contributed by atoms with Gasteiger partial charge in [-0.25, -0.2) is 8.78 Å². The van der Waals surface area contributed by atoms with Gasteiger partial charge in [0.25, 0.3) is 11.8 Å². The first-order valence-corrected chi connectivity index (χ1v) is 10.2. The van der Waals surface area contributed by atoms with E-state index in [1.54, 1.807) is 36.4 Å². The van der Waals surface area contributed by atoms with Crippen LogP contribution in [0.1, 0.15) is 20.7 Å². The van der Waals surface area contributed by atoms with Crippen molar-refractivity contribution >= 4 is 34.6 Å². The molecule has 0 aliphatic heterocycles. The molecule has 6 nitrogen and oxygen atoms in total. The maximum Gasteiger partial charge on any atom is 0.258 e. The number of hydrogen-bond donors (Lipinski definition) is 2. The van der Waals surface area contributed by atoms with Gasteiger partial charge in [-0.1, -0.05) is 42.5 Å². The number of halogens is 2. The molecule has 0 saturated carbocycles. The second-order valence-electron chi connectivity index (χ2n) is 7.14. The van der Waals surface area contributed by atoms with Crippen LogP contribution in [0.25, 0.3) is 0 Å². The van der Waals surface area contributed by atoms with Crippen LogP contribution in [-0.2, 0) is 0 Å². The average Bonchev–Trinajstić information content (AvgIpc) is 2.84. The quantitative estimate of drug-likeness (QED) is 0.310. The lowest BCUT2D eigenvalue weighted by Crippen LogP contribution is -2.15. The second-order valence-corrected chi connectivity index (χ2v) is 7.14. The molecule has 0 fully saturated rings. The van der Waals surface area contributed by atoms with Gasteiger partial charge < -0.3 is 10.6 Å². The molecule has 0 saturated heterocycles. The summed E-state index contributed by atoms with van der Waals surface area (Å²) in [5.74, 6) is -2.71. The third kappa shape index (κ3) is 5.36. The minimum absolute atomic E-state index is 0.132. The Bertz CT molecular complexity index is 1370. The van der Waals surface area contributed by atoms with Crippen LogP contribution < -0.4 is 10.6 Å². The number of nitrogens with zero attached hydrogens (tertiary/aromatic N) is 2. The monoisotopic (exact) mass is 456 g/mol. The summed E-state index contributed by atoms with van der Waals surface area (Å²) >= 11 is 0. The largest absolute Gasteiger partial charge is 0.322 e. The van der Waals surface area contributed by atoms with E-state index >= 15 is 0 Å². The molecular formula is C26H18F2N4O2. The first kappa shape index (κ1) is 22.5. The highest BCUT2D eigenvalue weighted by Crippen LogP contribution is 2.31. The Morgan fingerprint density at radius 1 is 0.618 bits per heavy atom. The SMILES string of the molecule is O=C(Nc1ccc(N=Nc2ccccc2)c(NC(=O)c2ccccc2F)c1)c1ccccc1F. The molecular weight excluding hydrogens is 438 g/mol. The molecule has 4 rings (SSSR count). The lowest BCUT2D eigenvalue weighted by atomic mass is 10.1. The van der Waals surface area contributed by atoms with Crippen LogP contribution in [0.15, 0.2) is 107 Å². The van der Waals surface area contributed by atoms with Gasteiger partial charge in [-0.3, -0.25) is 9.59 Å². The molecule has 0 atom stereocenters. The molecule has 34 heavy (non-hydrogen) atoms. The van der Waals surface area contributed by atoms with E-state index in [1.807, 2.05) is 6.07 Å². The number of anilines is 2. The van der Waals surface area contributed by atoms with Gasteiger partial charge in [-0.15, -0.1) is 5.11 Å². The van der Waals surface area contributed by atoms with Crippen LogP contribution in [0.2, 0.25) is 0 Å². The van der Waals surface area contributed by atoms with E-state index in [1.165, 1.54) is 54.6 Å². The number of hydrogen-bond acceptors (Lipinski definition) is 4. The minimum atomic E-state index is -0.702. The summed E-state index contributed by atoms with van der Waals surface area (Å²) in [6.07, 6.45) is 0. The molecule has 0 unspecified atom stereocenters. The van der Waals surface area contributed by atoms with Crippen molar-refractivity contribution in [2.24, 2.45) is 10.2 Å². The Labute approximate surface area is 194 Å². The zero-order valence-electron chi connectivity index (χ0n) is 17.7. The van der Waals surface area contributed by atoms with Gasteiger partial charge in [0.15, 0.2) is 0 Å². The molecule has 0 aliphatic carbocycles. The van der Waals surface area contributed by atoms with Crippen molar-refractivity contribution in [3.8, 4) is 0 Å². The van der Waals surface area contributed by atoms with Crippen molar-refractivity contribution < 1.29 is 18.4 Å². The van der Waals surface area contributed by atoms with Crippen molar-refractivity contribution in [1.29, 1.82) is 0 Å². The van der Waals surface area contributed by atoms with Crippen LogP contribution in [-0.4, -0.2) is 11.8 Å². The zero-order chi connectivity index (χ0) is 23.9. The van der Waals surface area contributed by atoms with E-state index in [0.29, 0.717) is 5.69 Å². The maximum absolute atomic E-state index is 14.1. The summed E-state index contributed by atoms with van der Waals surface area (Å²) in [5.41, 5.74) is 1.03. The highest BCUT2D eigenvalue weighted by Gasteiger charge is 2.16. The summed E-state index contributed by atoms with van der Waals surface area (Å²) in [6.45, 7) is 0. The van der Waals surface area contributed by atoms with Crippen LogP contribution in [0.4, 0.5) is 31.5 Å². The predicted octanol–water partition coefficient (Wildman–Crippen LogP) is 6.88. The van der Waals surface area contributed by atoms with Crippen molar-refractivity contribution in [2.45, 2.75) is 0 Å². The van der Waals surface area contributed by atoms with Gasteiger partial charge in [0, 0.05) is 5.69 Å². The number of rotatable bonds is 6. The molecule has 2 N–H and O–H groups in total. The standard InChI is InChI=1S/C26H18F2N4O2/c27-21-12-6-4-10-19(21)25(33)29-18-14-15-23(32-31-17-8-2-1-3-9-17)24(16-18)30-26(34)20-11-5-7-13-22(20)28/h1-16H,(H,29,33)(H,30,34). The zero-order valence-corrected chi connectivity index (χ0v) is 17.7. The van der Waals surface area contributed by atoms with Gasteiger partial charge >= 0.3 is 0 Å². The first-order chi connectivity index (χ1) is 16.5. The van der Waals surface area contributed by atoms with E-state index in [2.05, 4.69) is 20.9 Å². The fourth-order valence-electron chi connectivity index (χ4n) is 3.09. The highest BCUT2D eigenvalue weighted by molar-refractivity contribution is 6.07. The topological polar surface area (TPSA) is 82.9 Å². The lowest BCUT2D eigenvalue weighted by Gasteiger charge is -2.12. The third-order valence-corrected chi connectivity index (χ3v) is 4.77. The van der Waals surface area contributed by atoms with E-state index in [4.69, 9.17) is 0 Å². The van der Waals surface area contributed by atoms with Crippen molar-refractivity contribution in [1.82, 2.24) is 0 Å². The number of azo groups is 1. The van der Waals surface area contributed by atoms with Crippen molar-refractivity contribution in [3.63, 3.8) is 0 Å². The Hall–Kier alpha value is -4.72. The fraction of sp³-hybridized carbons (Fsp3) is 0. The van der Waals surface area contributed by atoms with Gasteiger partial charge in [-0.05, 0) is 54.6 Å². The van der Waals surface area contributed by atoms with Crippen LogP contribution in [0, 0.1) is 11.6 Å².